The van der Waals surface area contributed by atoms with Crippen molar-refractivity contribution in [1.82, 2.24) is 10.2 Å². The number of piperazine rings is 1. The fourth-order valence-electron chi connectivity index (χ4n) is 2.49. The van der Waals surface area contributed by atoms with Crippen LogP contribution in [0.2, 0.25) is 0 Å². The van der Waals surface area contributed by atoms with Gasteiger partial charge in [0.15, 0.2) is 0 Å². The van der Waals surface area contributed by atoms with Crippen LogP contribution < -0.4 is 5.32 Å². The second-order valence-corrected chi connectivity index (χ2v) is 4.74. The van der Waals surface area contributed by atoms with E-state index in [0.29, 0.717) is 5.54 Å². The van der Waals surface area contributed by atoms with Crippen LogP contribution in [0.4, 0.5) is 0 Å². The van der Waals surface area contributed by atoms with E-state index in [1.54, 1.807) is 0 Å². The highest BCUT2D eigenvalue weighted by molar-refractivity contribution is 4.92. The third kappa shape index (κ3) is 4.04. The van der Waals surface area contributed by atoms with Gasteiger partial charge in [0.1, 0.15) is 0 Å². The van der Waals surface area contributed by atoms with Crippen LogP contribution in [0.15, 0.2) is 0 Å². The molecule has 0 aliphatic carbocycles. The van der Waals surface area contributed by atoms with E-state index in [1.165, 1.54) is 32.5 Å². The Balaban J connectivity index is 2.27. The topological polar surface area (TPSA) is 24.5 Å². The molecule has 1 rings (SSSR count). The predicted octanol–water partition coefficient (Wildman–Crippen LogP) is 1.88. The summed E-state index contributed by atoms with van der Waals surface area (Å²) in [5.74, 6) is 0. The largest absolute Gasteiger partial charge is 0.382 e. The highest BCUT2D eigenvalue weighted by Crippen LogP contribution is 2.19. The first-order valence-corrected chi connectivity index (χ1v) is 6.81. The van der Waals surface area contributed by atoms with E-state index in [1.807, 2.05) is 0 Å². The van der Waals surface area contributed by atoms with Gasteiger partial charge in [-0.05, 0) is 26.2 Å². The van der Waals surface area contributed by atoms with Crippen LogP contribution in [0.3, 0.4) is 0 Å². The van der Waals surface area contributed by atoms with Crippen LogP contribution in [-0.2, 0) is 4.74 Å². The molecule has 1 heterocycles. The molecule has 1 aliphatic heterocycles. The molecular formula is C13H28N2O. The minimum Gasteiger partial charge on any atom is -0.382 e. The summed E-state index contributed by atoms with van der Waals surface area (Å²) in [5, 5.41) is 3.69. The molecule has 0 spiro atoms. The van der Waals surface area contributed by atoms with Gasteiger partial charge >= 0.3 is 0 Å². The maximum absolute atomic E-state index is 5.39. The summed E-state index contributed by atoms with van der Waals surface area (Å²) >= 11 is 0. The van der Waals surface area contributed by atoms with Crippen molar-refractivity contribution >= 4 is 0 Å². The van der Waals surface area contributed by atoms with E-state index in [4.69, 9.17) is 4.74 Å². The molecule has 16 heavy (non-hydrogen) atoms. The molecule has 0 unspecified atom stereocenters. The molecule has 0 aromatic rings. The molecule has 0 saturated carbocycles. The Labute approximate surface area is 101 Å². The van der Waals surface area contributed by atoms with Crippen molar-refractivity contribution < 1.29 is 4.74 Å². The summed E-state index contributed by atoms with van der Waals surface area (Å²) in [5.41, 5.74) is 0.365. The van der Waals surface area contributed by atoms with Gasteiger partial charge in [0.2, 0.25) is 0 Å². The van der Waals surface area contributed by atoms with Crippen molar-refractivity contribution in [3.05, 3.63) is 0 Å². The van der Waals surface area contributed by atoms with Crippen LogP contribution >= 0.6 is 0 Å². The van der Waals surface area contributed by atoms with Crippen LogP contribution in [-0.4, -0.2) is 49.8 Å². The summed E-state index contributed by atoms with van der Waals surface area (Å²) in [6, 6.07) is 0. The molecular weight excluding hydrogens is 200 g/mol. The van der Waals surface area contributed by atoms with Crippen LogP contribution in [0.1, 0.15) is 40.0 Å². The summed E-state index contributed by atoms with van der Waals surface area (Å²) in [4.78, 5) is 2.59. The van der Waals surface area contributed by atoms with Crippen molar-refractivity contribution in [3.8, 4) is 0 Å². The lowest BCUT2D eigenvalue weighted by Crippen LogP contribution is -2.59. The molecule has 3 heteroatoms. The second kappa shape index (κ2) is 7.25. The van der Waals surface area contributed by atoms with Crippen molar-refractivity contribution in [2.24, 2.45) is 0 Å². The van der Waals surface area contributed by atoms with Gasteiger partial charge in [-0.2, -0.15) is 0 Å². The third-order valence-electron chi connectivity index (χ3n) is 3.77. The Bertz CT molecular complexity index is 181. The van der Waals surface area contributed by atoms with E-state index in [0.717, 1.165) is 26.2 Å². The first kappa shape index (κ1) is 13.9. The minimum atomic E-state index is 0.365. The lowest BCUT2D eigenvalue weighted by atomic mass is 9.90. The number of ether oxygens (including phenoxy) is 1. The standard InChI is InChI=1S/C13H28N2O/c1-4-13(5-2)12-15(10-8-14-13)9-7-11-16-6-3/h14H,4-12H2,1-3H3. The highest BCUT2D eigenvalue weighted by Gasteiger charge is 2.31. The lowest BCUT2D eigenvalue weighted by molar-refractivity contribution is 0.0981. The smallest absolute Gasteiger partial charge is 0.0478 e. The monoisotopic (exact) mass is 228 g/mol. The van der Waals surface area contributed by atoms with Crippen molar-refractivity contribution in [2.75, 3.05) is 39.4 Å². The van der Waals surface area contributed by atoms with Crippen molar-refractivity contribution in [1.29, 1.82) is 0 Å². The van der Waals surface area contributed by atoms with Crippen LogP contribution in [0.5, 0.6) is 0 Å². The van der Waals surface area contributed by atoms with Crippen molar-refractivity contribution in [3.63, 3.8) is 0 Å². The molecule has 0 aromatic carbocycles. The molecule has 1 N–H and O–H groups in total. The summed E-state index contributed by atoms with van der Waals surface area (Å²) in [6.07, 6.45) is 3.62. The zero-order chi connectivity index (χ0) is 11.9. The average Bonchev–Trinajstić information content (AvgIpc) is 2.35. The molecule has 0 atom stereocenters. The van der Waals surface area contributed by atoms with E-state index >= 15 is 0 Å². The minimum absolute atomic E-state index is 0.365. The number of hydrogen-bond acceptors (Lipinski definition) is 3. The molecule has 1 aliphatic rings. The lowest BCUT2D eigenvalue weighted by Gasteiger charge is -2.43. The molecule has 0 aromatic heterocycles. The SMILES string of the molecule is CCOCCCN1CCNC(CC)(CC)C1. The van der Waals surface area contributed by atoms with Crippen LogP contribution in [0, 0.1) is 0 Å². The highest BCUT2D eigenvalue weighted by atomic mass is 16.5. The first-order chi connectivity index (χ1) is 7.76. The molecule has 1 fully saturated rings. The fourth-order valence-corrected chi connectivity index (χ4v) is 2.49. The quantitative estimate of drug-likeness (QED) is 0.673. The second-order valence-electron chi connectivity index (χ2n) is 4.74. The zero-order valence-electron chi connectivity index (χ0n) is 11.2. The van der Waals surface area contributed by atoms with E-state index < -0.39 is 0 Å². The van der Waals surface area contributed by atoms with Gasteiger partial charge in [-0.1, -0.05) is 13.8 Å². The van der Waals surface area contributed by atoms with Crippen LogP contribution in [0.25, 0.3) is 0 Å². The third-order valence-corrected chi connectivity index (χ3v) is 3.77. The van der Waals surface area contributed by atoms with Crippen molar-refractivity contribution in [2.45, 2.75) is 45.6 Å². The number of nitrogens with one attached hydrogen (secondary N) is 1. The molecule has 0 radical (unpaired) electrons. The van der Waals surface area contributed by atoms with Gasteiger partial charge in [-0.25, -0.2) is 0 Å². The summed E-state index contributed by atoms with van der Waals surface area (Å²) in [6.45, 7) is 13.1. The Morgan fingerprint density at radius 1 is 1.25 bits per heavy atom. The fraction of sp³-hybridized carbons (Fsp3) is 1.00. The molecule has 96 valence electrons. The molecule has 0 amide bonds. The van der Waals surface area contributed by atoms with E-state index in [9.17, 15) is 0 Å². The van der Waals surface area contributed by atoms with E-state index in [-0.39, 0.29) is 0 Å². The molecule has 0 bridgehead atoms. The Morgan fingerprint density at radius 2 is 2.00 bits per heavy atom. The number of rotatable bonds is 7. The number of nitrogens with zero attached hydrogens (tertiary/aromatic N) is 1. The van der Waals surface area contributed by atoms with Gasteiger partial charge in [0.05, 0.1) is 0 Å². The van der Waals surface area contributed by atoms with E-state index in [2.05, 4.69) is 31.0 Å². The normalized spacial score (nSPS) is 21.2. The Hall–Kier alpha value is -0.120. The average molecular weight is 228 g/mol. The Kier molecular flexibility index (Phi) is 6.32. The summed E-state index contributed by atoms with van der Waals surface area (Å²) < 4.78 is 5.39. The van der Waals surface area contributed by atoms with Gasteiger partial charge in [-0.3, -0.25) is 0 Å². The number of hydrogen-bond donors (Lipinski definition) is 1. The predicted molar refractivity (Wildman–Crippen MR) is 68.9 cm³/mol. The van der Waals surface area contributed by atoms with Gasteiger partial charge in [0, 0.05) is 44.9 Å². The molecule has 1 saturated heterocycles. The van der Waals surface area contributed by atoms with Gasteiger partial charge < -0.3 is 15.0 Å². The zero-order valence-corrected chi connectivity index (χ0v) is 11.2. The summed E-state index contributed by atoms with van der Waals surface area (Å²) in [7, 11) is 0. The Morgan fingerprint density at radius 3 is 2.62 bits per heavy atom. The van der Waals surface area contributed by atoms with Gasteiger partial charge in [0.25, 0.3) is 0 Å². The maximum atomic E-state index is 5.39. The maximum Gasteiger partial charge on any atom is 0.0478 e. The first-order valence-electron chi connectivity index (χ1n) is 6.81. The van der Waals surface area contributed by atoms with Gasteiger partial charge in [-0.15, -0.1) is 0 Å². The molecule has 3 nitrogen and oxygen atoms in total.